The van der Waals surface area contributed by atoms with Crippen molar-refractivity contribution in [3.05, 3.63) is 36.1 Å². The van der Waals surface area contributed by atoms with E-state index in [1.807, 2.05) is 11.7 Å². The number of nitrogens with zero attached hydrogens (tertiary/aromatic N) is 2. The Labute approximate surface area is 138 Å². The molecule has 0 saturated heterocycles. The summed E-state index contributed by atoms with van der Waals surface area (Å²) in [5.41, 5.74) is 2.15. The molecule has 0 bridgehead atoms. The molecule has 2 aromatic rings. The van der Waals surface area contributed by atoms with Crippen LogP contribution in [0.15, 0.2) is 19.8 Å². The van der Waals surface area contributed by atoms with Gasteiger partial charge in [0, 0.05) is 11.6 Å². The number of hydrogen-bond acceptors (Lipinski definition) is 3. The van der Waals surface area contributed by atoms with Gasteiger partial charge in [0.25, 0.3) is 0 Å². The fourth-order valence-electron chi connectivity index (χ4n) is 2.02. The van der Waals surface area contributed by atoms with E-state index in [1.165, 1.54) is 0 Å². The van der Waals surface area contributed by atoms with Gasteiger partial charge >= 0.3 is 0 Å². The Hall–Kier alpha value is 0.120. The van der Waals surface area contributed by atoms with Crippen molar-refractivity contribution < 1.29 is 0 Å². The summed E-state index contributed by atoms with van der Waals surface area (Å²) >= 11 is 15.1. The molecule has 0 fully saturated rings. The molecule has 7 heteroatoms. The van der Waals surface area contributed by atoms with Gasteiger partial charge in [-0.1, -0.05) is 11.6 Å². The maximum absolute atomic E-state index is 6.32. The van der Waals surface area contributed by atoms with Crippen molar-refractivity contribution in [3.63, 3.8) is 0 Å². The molecule has 0 aliphatic heterocycles. The third-order valence-electron chi connectivity index (χ3n) is 2.83. The van der Waals surface area contributed by atoms with E-state index in [9.17, 15) is 0 Å². The van der Waals surface area contributed by atoms with Crippen LogP contribution in [0.3, 0.4) is 0 Å². The van der Waals surface area contributed by atoms with Crippen LogP contribution in [-0.2, 0) is 0 Å². The highest BCUT2D eigenvalue weighted by Crippen LogP contribution is 2.39. The maximum Gasteiger partial charge on any atom is 0.0837 e. The Morgan fingerprint density at radius 2 is 2.11 bits per heavy atom. The van der Waals surface area contributed by atoms with E-state index >= 15 is 0 Å². The van der Waals surface area contributed by atoms with Gasteiger partial charge in [0.2, 0.25) is 0 Å². The van der Waals surface area contributed by atoms with Crippen LogP contribution in [0.1, 0.15) is 37.2 Å². The van der Waals surface area contributed by atoms with E-state index in [2.05, 4.69) is 62.2 Å². The van der Waals surface area contributed by atoms with Crippen molar-refractivity contribution in [3.8, 4) is 0 Å². The van der Waals surface area contributed by atoms with Gasteiger partial charge in [-0.25, -0.2) is 0 Å². The second kappa shape index (κ2) is 6.26. The minimum absolute atomic E-state index is 0.00863. The maximum atomic E-state index is 6.32. The van der Waals surface area contributed by atoms with Gasteiger partial charge in [-0.2, -0.15) is 5.10 Å². The Kier molecular flexibility index (Phi) is 5.11. The average Bonchev–Trinajstić information content (AvgIpc) is 2.85. The summed E-state index contributed by atoms with van der Waals surface area (Å²) in [7, 11) is 1.93. The summed E-state index contributed by atoms with van der Waals surface area (Å²) in [6.45, 7) is 4.19. The van der Waals surface area contributed by atoms with Crippen LogP contribution < -0.4 is 5.32 Å². The topological polar surface area (TPSA) is 29.9 Å². The third kappa shape index (κ3) is 3.08. The zero-order valence-corrected chi connectivity index (χ0v) is 15.5. The predicted molar refractivity (Wildman–Crippen MR) is 88.2 cm³/mol. The molecular weight excluding hydrogens is 413 g/mol. The second-order valence-corrected chi connectivity index (χ2v) is 8.57. The van der Waals surface area contributed by atoms with Gasteiger partial charge in [0.1, 0.15) is 0 Å². The van der Waals surface area contributed by atoms with Crippen LogP contribution in [0.25, 0.3) is 0 Å². The van der Waals surface area contributed by atoms with Crippen LogP contribution in [-0.4, -0.2) is 16.8 Å². The van der Waals surface area contributed by atoms with Crippen molar-refractivity contribution in [2.75, 3.05) is 7.05 Å². The molecule has 0 aliphatic rings. The summed E-state index contributed by atoms with van der Waals surface area (Å²) in [6, 6.07) is 2.37. The fraction of sp³-hybridized carbons (Fsp3) is 0.417. The number of hydrogen-bond donors (Lipinski definition) is 1. The normalized spacial score (nSPS) is 13.2. The highest BCUT2D eigenvalue weighted by molar-refractivity contribution is 9.12. The van der Waals surface area contributed by atoms with E-state index < -0.39 is 0 Å². The van der Waals surface area contributed by atoms with Crippen LogP contribution in [0.4, 0.5) is 0 Å². The van der Waals surface area contributed by atoms with Gasteiger partial charge < -0.3 is 5.32 Å². The summed E-state index contributed by atoms with van der Waals surface area (Å²) in [5.74, 6) is 0. The molecule has 0 aromatic carbocycles. The quantitative estimate of drug-likeness (QED) is 0.743. The second-order valence-electron chi connectivity index (χ2n) is 4.42. The first-order chi connectivity index (χ1) is 8.95. The molecule has 1 atom stereocenters. The minimum atomic E-state index is 0.00863. The summed E-state index contributed by atoms with van der Waals surface area (Å²) in [5, 5.41) is 8.37. The molecule has 104 valence electrons. The summed E-state index contributed by atoms with van der Waals surface area (Å²) < 4.78 is 4.13. The van der Waals surface area contributed by atoms with Crippen LogP contribution in [0.2, 0.25) is 5.02 Å². The molecule has 0 radical (unpaired) electrons. The number of aromatic nitrogens is 2. The van der Waals surface area contributed by atoms with Crippen molar-refractivity contribution >= 4 is 54.8 Å². The molecule has 0 saturated carbocycles. The number of thiophene rings is 1. The van der Waals surface area contributed by atoms with E-state index in [0.29, 0.717) is 5.02 Å². The largest absolute Gasteiger partial charge is 0.308 e. The highest BCUT2D eigenvalue weighted by Gasteiger charge is 2.25. The molecule has 1 unspecified atom stereocenters. The zero-order chi connectivity index (χ0) is 14.2. The smallest absolute Gasteiger partial charge is 0.0837 e. The Morgan fingerprint density at radius 3 is 2.58 bits per heavy atom. The molecule has 2 rings (SSSR count). The molecule has 2 aromatic heterocycles. The first kappa shape index (κ1) is 15.5. The molecule has 0 aliphatic carbocycles. The average molecular weight is 428 g/mol. The Balaban J connectivity index is 2.54. The zero-order valence-electron chi connectivity index (χ0n) is 10.7. The van der Waals surface area contributed by atoms with Gasteiger partial charge in [-0.3, -0.25) is 4.68 Å². The Morgan fingerprint density at radius 1 is 1.42 bits per heavy atom. The lowest BCUT2D eigenvalue weighted by atomic mass is 10.1. The first-order valence-corrected chi connectivity index (χ1v) is 8.58. The van der Waals surface area contributed by atoms with Crippen molar-refractivity contribution in [2.45, 2.75) is 25.9 Å². The minimum Gasteiger partial charge on any atom is -0.308 e. The van der Waals surface area contributed by atoms with Gasteiger partial charge in [0.05, 0.1) is 30.5 Å². The van der Waals surface area contributed by atoms with Crippen molar-refractivity contribution in [1.29, 1.82) is 0 Å². The number of halogens is 3. The summed E-state index contributed by atoms with van der Waals surface area (Å²) in [6.07, 6.45) is 1.70. The summed E-state index contributed by atoms with van der Waals surface area (Å²) in [4.78, 5) is 0. The SMILES string of the molecule is CNC(c1cc(Br)sc1Br)c1c(Cl)cnn1C(C)C. The Bertz CT molecular complexity index is 580. The van der Waals surface area contributed by atoms with Crippen LogP contribution in [0, 0.1) is 0 Å². The molecule has 1 N–H and O–H groups in total. The van der Waals surface area contributed by atoms with Gasteiger partial charge in [-0.15, -0.1) is 11.3 Å². The predicted octanol–water partition coefficient (Wildman–Crippen LogP) is 5.01. The number of nitrogens with one attached hydrogen (secondary N) is 1. The van der Waals surface area contributed by atoms with E-state index in [1.54, 1.807) is 17.5 Å². The first-order valence-electron chi connectivity index (χ1n) is 5.80. The highest BCUT2D eigenvalue weighted by atomic mass is 79.9. The van der Waals surface area contributed by atoms with E-state index in [4.69, 9.17) is 11.6 Å². The molecule has 0 spiro atoms. The van der Waals surface area contributed by atoms with Crippen LogP contribution >= 0.6 is 54.8 Å². The molecule has 2 heterocycles. The third-order valence-corrected chi connectivity index (χ3v) is 5.51. The lowest BCUT2D eigenvalue weighted by Gasteiger charge is -2.20. The van der Waals surface area contributed by atoms with Gasteiger partial charge in [-0.05, 0) is 58.8 Å². The van der Waals surface area contributed by atoms with E-state index in [-0.39, 0.29) is 12.1 Å². The lowest BCUT2D eigenvalue weighted by Crippen LogP contribution is -2.22. The number of rotatable bonds is 4. The molecule has 3 nitrogen and oxygen atoms in total. The van der Waals surface area contributed by atoms with Gasteiger partial charge in [0.15, 0.2) is 0 Å². The molecule has 0 amide bonds. The standard InChI is InChI=1S/C12H14Br2ClN3S/c1-6(2)18-11(8(15)5-17-18)10(16-3)7-4-9(13)19-12(7)14/h4-6,10,16H,1-3H3. The molecular formula is C12H14Br2ClN3S. The van der Waals surface area contributed by atoms with E-state index in [0.717, 1.165) is 18.8 Å². The fourth-order valence-corrected chi connectivity index (χ4v) is 5.16. The lowest BCUT2D eigenvalue weighted by molar-refractivity contribution is 0.484. The monoisotopic (exact) mass is 425 g/mol. The van der Waals surface area contributed by atoms with Crippen LogP contribution in [0.5, 0.6) is 0 Å². The van der Waals surface area contributed by atoms with Crippen molar-refractivity contribution in [2.24, 2.45) is 0 Å². The molecule has 19 heavy (non-hydrogen) atoms. The van der Waals surface area contributed by atoms with Crippen molar-refractivity contribution in [1.82, 2.24) is 15.1 Å².